The summed E-state index contributed by atoms with van der Waals surface area (Å²) in [7, 11) is 0. The lowest BCUT2D eigenvalue weighted by Crippen LogP contribution is -2.02. The van der Waals surface area contributed by atoms with Crippen molar-refractivity contribution in [3.05, 3.63) is 0 Å². The van der Waals surface area contributed by atoms with E-state index in [1.165, 1.54) is 32.1 Å². The van der Waals surface area contributed by atoms with E-state index in [1.807, 2.05) is 0 Å². The van der Waals surface area contributed by atoms with Crippen molar-refractivity contribution >= 4 is 15.9 Å². The topological polar surface area (TPSA) is 0 Å². The average molecular weight is 187 g/mol. The molecule has 0 spiro atoms. The monoisotopic (exact) mass is 186 g/mol. The molecule has 0 heterocycles. The Morgan fingerprint density at radius 1 is 1.11 bits per heavy atom. The fraction of sp³-hybridized carbons (Fsp3) is 0.750. The molecule has 1 heteroatoms. The van der Waals surface area contributed by atoms with Gasteiger partial charge in [0.05, 0.1) is 0 Å². The highest BCUT2D eigenvalue weighted by atomic mass is 79.9. The summed E-state index contributed by atoms with van der Waals surface area (Å²) in [5, 5.41) is 0. The van der Waals surface area contributed by atoms with Crippen molar-refractivity contribution in [2.24, 2.45) is 5.92 Å². The molecule has 0 aromatic heterocycles. The van der Waals surface area contributed by atoms with Gasteiger partial charge in [0.2, 0.25) is 0 Å². The first-order valence-corrected chi connectivity index (χ1v) is 4.34. The lowest BCUT2D eigenvalue weighted by molar-refractivity contribution is 0.430. The van der Waals surface area contributed by atoms with Gasteiger partial charge in [0.1, 0.15) is 0 Å². The van der Waals surface area contributed by atoms with Gasteiger partial charge in [0.25, 0.3) is 0 Å². The van der Waals surface area contributed by atoms with E-state index in [9.17, 15) is 0 Å². The predicted molar refractivity (Wildman–Crippen MR) is 43.3 cm³/mol. The molecule has 0 aromatic rings. The zero-order chi connectivity index (χ0) is 6.53. The van der Waals surface area contributed by atoms with Gasteiger partial charge in [-0.05, 0) is 17.7 Å². The molecule has 1 saturated carbocycles. The highest BCUT2D eigenvalue weighted by Gasteiger charge is 2.09. The third kappa shape index (κ3) is 2.41. The second-order valence-electron chi connectivity index (χ2n) is 2.57. The van der Waals surface area contributed by atoms with Crippen LogP contribution in [0.3, 0.4) is 0 Å². The molecule has 0 atom stereocenters. The molecule has 0 bridgehead atoms. The van der Waals surface area contributed by atoms with Crippen LogP contribution in [0.2, 0.25) is 0 Å². The molecular formula is C8H11Br. The predicted octanol–water partition coefficient (Wildman–Crippen LogP) is 2.92. The Morgan fingerprint density at radius 2 is 1.78 bits per heavy atom. The Kier molecular flexibility index (Phi) is 3.14. The van der Waals surface area contributed by atoms with Gasteiger partial charge in [-0.15, -0.1) is 0 Å². The molecule has 0 aliphatic heterocycles. The smallest absolute Gasteiger partial charge is 0.0211 e. The van der Waals surface area contributed by atoms with Crippen molar-refractivity contribution in [1.82, 2.24) is 0 Å². The van der Waals surface area contributed by atoms with E-state index in [1.54, 1.807) is 0 Å². The minimum atomic E-state index is 0.693. The largest absolute Gasteiger partial charge is 0.0874 e. The molecule has 0 N–H and O–H groups in total. The summed E-state index contributed by atoms with van der Waals surface area (Å²) in [5.41, 5.74) is 0. The summed E-state index contributed by atoms with van der Waals surface area (Å²) in [5.74, 6) is 3.84. The molecule has 0 radical (unpaired) electrons. The van der Waals surface area contributed by atoms with Gasteiger partial charge < -0.3 is 0 Å². The van der Waals surface area contributed by atoms with Crippen LogP contribution in [0.1, 0.15) is 32.1 Å². The summed E-state index contributed by atoms with van der Waals surface area (Å²) in [6.07, 6.45) is 6.82. The lowest BCUT2D eigenvalue weighted by atomic mass is 9.90. The van der Waals surface area contributed by atoms with Crippen molar-refractivity contribution in [3.63, 3.8) is 0 Å². The average Bonchev–Trinajstić information content (AvgIpc) is 1.91. The van der Waals surface area contributed by atoms with Crippen molar-refractivity contribution < 1.29 is 0 Å². The number of rotatable bonds is 0. The van der Waals surface area contributed by atoms with E-state index in [-0.39, 0.29) is 0 Å². The van der Waals surface area contributed by atoms with E-state index in [2.05, 4.69) is 26.7 Å². The van der Waals surface area contributed by atoms with Gasteiger partial charge in [0.15, 0.2) is 0 Å². The van der Waals surface area contributed by atoms with Crippen LogP contribution in [-0.2, 0) is 0 Å². The zero-order valence-electron chi connectivity index (χ0n) is 5.49. The number of hydrogen-bond acceptors (Lipinski definition) is 0. The second-order valence-corrected chi connectivity index (χ2v) is 2.97. The number of hydrogen-bond donors (Lipinski definition) is 0. The third-order valence-corrected chi connectivity index (χ3v) is 2.09. The molecule has 0 unspecified atom stereocenters. The van der Waals surface area contributed by atoms with Crippen LogP contribution >= 0.6 is 15.9 Å². The van der Waals surface area contributed by atoms with Crippen LogP contribution in [0, 0.1) is 16.7 Å². The van der Waals surface area contributed by atoms with Crippen LogP contribution in [0.25, 0.3) is 0 Å². The van der Waals surface area contributed by atoms with Crippen LogP contribution in [0.15, 0.2) is 0 Å². The van der Waals surface area contributed by atoms with Gasteiger partial charge in [-0.3, -0.25) is 0 Å². The molecule has 1 aliphatic rings. The van der Waals surface area contributed by atoms with Crippen LogP contribution in [0.4, 0.5) is 0 Å². The summed E-state index contributed by atoms with van der Waals surface area (Å²) in [6.45, 7) is 0. The highest BCUT2D eigenvalue weighted by molar-refractivity contribution is 9.12. The fourth-order valence-corrected chi connectivity index (χ4v) is 1.65. The zero-order valence-corrected chi connectivity index (χ0v) is 7.08. The summed E-state index contributed by atoms with van der Waals surface area (Å²) >= 11 is 3.12. The van der Waals surface area contributed by atoms with E-state index in [0.717, 1.165) is 0 Å². The first kappa shape index (κ1) is 7.15. The van der Waals surface area contributed by atoms with Crippen molar-refractivity contribution in [2.75, 3.05) is 0 Å². The van der Waals surface area contributed by atoms with Gasteiger partial charge in [-0.1, -0.05) is 25.2 Å². The van der Waals surface area contributed by atoms with E-state index in [4.69, 9.17) is 0 Å². The molecule has 9 heavy (non-hydrogen) atoms. The standard InChI is InChI=1S/C8H11Br/c9-7-6-8-4-2-1-3-5-8/h8H,1-5H2. The molecule has 0 aromatic carbocycles. The Balaban J connectivity index is 2.28. The SMILES string of the molecule is BrC#CC1CCCCC1. The lowest BCUT2D eigenvalue weighted by Gasteiger charge is -2.14. The van der Waals surface area contributed by atoms with Gasteiger partial charge in [-0.2, -0.15) is 0 Å². The molecule has 1 fully saturated rings. The van der Waals surface area contributed by atoms with Crippen LogP contribution in [0.5, 0.6) is 0 Å². The highest BCUT2D eigenvalue weighted by Crippen LogP contribution is 2.22. The van der Waals surface area contributed by atoms with Gasteiger partial charge >= 0.3 is 0 Å². The molecule has 1 aliphatic carbocycles. The minimum absolute atomic E-state index is 0.693. The molecule has 0 amide bonds. The minimum Gasteiger partial charge on any atom is -0.0874 e. The van der Waals surface area contributed by atoms with E-state index < -0.39 is 0 Å². The molecule has 1 rings (SSSR count). The fourth-order valence-electron chi connectivity index (χ4n) is 1.32. The molecular weight excluding hydrogens is 176 g/mol. The first-order chi connectivity index (χ1) is 4.43. The van der Waals surface area contributed by atoms with Crippen molar-refractivity contribution in [3.8, 4) is 10.8 Å². The summed E-state index contributed by atoms with van der Waals surface area (Å²) < 4.78 is 0. The van der Waals surface area contributed by atoms with E-state index in [0.29, 0.717) is 5.92 Å². The normalized spacial score (nSPS) is 20.6. The van der Waals surface area contributed by atoms with Gasteiger partial charge in [0, 0.05) is 21.8 Å². The van der Waals surface area contributed by atoms with E-state index >= 15 is 0 Å². The maximum Gasteiger partial charge on any atom is 0.0211 e. The molecule has 50 valence electrons. The Morgan fingerprint density at radius 3 is 2.33 bits per heavy atom. The van der Waals surface area contributed by atoms with Gasteiger partial charge in [-0.25, -0.2) is 0 Å². The second kappa shape index (κ2) is 3.95. The van der Waals surface area contributed by atoms with Crippen LogP contribution in [-0.4, -0.2) is 0 Å². The summed E-state index contributed by atoms with van der Waals surface area (Å²) in [4.78, 5) is 2.80. The molecule has 0 saturated heterocycles. The third-order valence-electron chi connectivity index (χ3n) is 1.86. The maximum absolute atomic E-state index is 3.15. The number of halogens is 1. The van der Waals surface area contributed by atoms with Crippen molar-refractivity contribution in [1.29, 1.82) is 0 Å². The maximum atomic E-state index is 3.15. The quantitative estimate of drug-likeness (QED) is 0.511. The Hall–Kier alpha value is 0.0400. The molecule has 0 nitrogen and oxygen atoms in total. The van der Waals surface area contributed by atoms with Crippen LogP contribution < -0.4 is 0 Å². The Bertz CT molecular complexity index is 123. The van der Waals surface area contributed by atoms with Crippen molar-refractivity contribution in [2.45, 2.75) is 32.1 Å². The Labute approximate surface area is 65.2 Å². The summed E-state index contributed by atoms with van der Waals surface area (Å²) in [6, 6.07) is 0. The first-order valence-electron chi connectivity index (χ1n) is 3.54.